The third kappa shape index (κ3) is 3.73. The fourth-order valence-corrected chi connectivity index (χ4v) is 1.83. The van der Waals surface area contributed by atoms with Gasteiger partial charge in [0.1, 0.15) is 29.0 Å². The summed E-state index contributed by atoms with van der Waals surface area (Å²) < 4.78 is 79.0. The van der Waals surface area contributed by atoms with Crippen molar-refractivity contribution in [2.24, 2.45) is 0 Å². The van der Waals surface area contributed by atoms with Crippen molar-refractivity contribution in [2.75, 3.05) is 5.32 Å². The SMILES string of the molecule is O=C(Cc1c(F)cc(F)cc1F)C(=O)Nc1c(F)cc(F)cc1F. The predicted octanol–water partition coefficient (Wildman–Crippen LogP) is 3.27. The Hall–Kier alpha value is -2.84. The molecule has 0 saturated heterocycles. The molecule has 0 aliphatic rings. The molecule has 0 aliphatic carbocycles. The van der Waals surface area contributed by atoms with Crippen LogP contribution in [0.1, 0.15) is 5.56 Å². The number of Topliss-reactive ketones (excluding diaryl/α,β-unsaturated/α-hetero) is 1. The van der Waals surface area contributed by atoms with Crippen molar-refractivity contribution in [3.05, 3.63) is 64.7 Å². The van der Waals surface area contributed by atoms with Gasteiger partial charge in [0.15, 0.2) is 11.6 Å². The molecule has 2 rings (SSSR count). The molecule has 0 atom stereocenters. The monoisotopic (exact) mass is 347 g/mol. The Labute approximate surface area is 130 Å². The van der Waals surface area contributed by atoms with Gasteiger partial charge < -0.3 is 5.32 Å². The third-order valence-electron chi connectivity index (χ3n) is 2.94. The molecule has 0 fully saturated rings. The second-order valence-electron chi connectivity index (χ2n) is 4.65. The normalized spacial score (nSPS) is 10.6. The van der Waals surface area contributed by atoms with Crippen LogP contribution in [0.3, 0.4) is 0 Å². The number of halogens is 6. The molecule has 24 heavy (non-hydrogen) atoms. The van der Waals surface area contributed by atoms with Gasteiger partial charge in [0, 0.05) is 36.2 Å². The Kier molecular flexibility index (Phi) is 4.91. The fourth-order valence-electron chi connectivity index (χ4n) is 1.83. The number of benzene rings is 2. The first-order chi connectivity index (χ1) is 11.2. The van der Waals surface area contributed by atoms with Gasteiger partial charge in [-0.05, 0) is 0 Å². The van der Waals surface area contributed by atoms with E-state index in [2.05, 4.69) is 0 Å². The van der Waals surface area contributed by atoms with E-state index in [0.29, 0.717) is 12.1 Å². The molecule has 3 nitrogen and oxygen atoms in total. The lowest BCUT2D eigenvalue weighted by atomic mass is 10.1. The highest BCUT2D eigenvalue weighted by Gasteiger charge is 2.22. The number of ketones is 1. The van der Waals surface area contributed by atoms with E-state index in [1.807, 2.05) is 0 Å². The van der Waals surface area contributed by atoms with Gasteiger partial charge in [0.2, 0.25) is 5.78 Å². The molecule has 0 aromatic heterocycles. The molecule has 0 unspecified atom stereocenters. The average molecular weight is 347 g/mol. The highest BCUT2D eigenvalue weighted by molar-refractivity contribution is 6.41. The number of carbonyl (C=O) groups excluding carboxylic acids is 2. The van der Waals surface area contributed by atoms with E-state index in [-0.39, 0.29) is 12.1 Å². The lowest BCUT2D eigenvalue weighted by Gasteiger charge is -2.08. The summed E-state index contributed by atoms with van der Waals surface area (Å²) in [4.78, 5) is 23.2. The summed E-state index contributed by atoms with van der Waals surface area (Å²) in [5.41, 5.74) is -1.97. The first-order valence-electron chi connectivity index (χ1n) is 6.31. The third-order valence-corrected chi connectivity index (χ3v) is 2.94. The maximum atomic E-state index is 13.4. The van der Waals surface area contributed by atoms with Crippen molar-refractivity contribution in [2.45, 2.75) is 6.42 Å². The van der Waals surface area contributed by atoms with Crippen molar-refractivity contribution in [3.63, 3.8) is 0 Å². The molecule has 0 heterocycles. The zero-order valence-corrected chi connectivity index (χ0v) is 11.6. The fraction of sp³-hybridized carbons (Fsp3) is 0.0667. The maximum Gasteiger partial charge on any atom is 0.292 e. The summed E-state index contributed by atoms with van der Waals surface area (Å²) in [6.07, 6.45) is -1.10. The van der Waals surface area contributed by atoms with Gasteiger partial charge >= 0.3 is 0 Å². The second kappa shape index (κ2) is 6.73. The molecular formula is C15H7F6NO2. The topological polar surface area (TPSA) is 46.2 Å². The zero-order valence-electron chi connectivity index (χ0n) is 11.6. The first kappa shape index (κ1) is 17.5. The van der Waals surface area contributed by atoms with Crippen LogP contribution in [0, 0.1) is 34.9 Å². The van der Waals surface area contributed by atoms with Gasteiger partial charge in [-0.15, -0.1) is 0 Å². The summed E-state index contributed by atoms with van der Waals surface area (Å²) in [7, 11) is 0. The summed E-state index contributed by atoms with van der Waals surface area (Å²) >= 11 is 0. The van der Waals surface area contributed by atoms with Crippen molar-refractivity contribution in [1.29, 1.82) is 0 Å². The van der Waals surface area contributed by atoms with Crippen LogP contribution in [0.25, 0.3) is 0 Å². The van der Waals surface area contributed by atoms with E-state index in [0.717, 1.165) is 0 Å². The number of nitrogens with one attached hydrogen (secondary N) is 1. The average Bonchev–Trinajstić information content (AvgIpc) is 2.46. The van der Waals surface area contributed by atoms with Gasteiger partial charge in [-0.25, -0.2) is 26.3 Å². The maximum absolute atomic E-state index is 13.4. The van der Waals surface area contributed by atoms with Gasteiger partial charge in [0.05, 0.1) is 0 Å². The minimum atomic E-state index is -1.58. The van der Waals surface area contributed by atoms with Crippen molar-refractivity contribution >= 4 is 17.4 Å². The standard InChI is InChI=1S/C15H7F6NO2/c16-6-1-9(18)8(10(19)2-6)5-13(23)15(24)22-14-11(20)3-7(17)4-12(14)21/h1-4H,5H2,(H,22,24). The van der Waals surface area contributed by atoms with Gasteiger partial charge in [-0.1, -0.05) is 0 Å². The van der Waals surface area contributed by atoms with E-state index < -0.39 is 64.3 Å². The first-order valence-corrected chi connectivity index (χ1v) is 6.31. The van der Waals surface area contributed by atoms with E-state index in [1.165, 1.54) is 0 Å². The van der Waals surface area contributed by atoms with Gasteiger partial charge in [-0.3, -0.25) is 9.59 Å². The summed E-state index contributed by atoms with van der Waals surface area (Å²) in [5.74, 6) is -11.2. The summed E-state index contributed by atoms with van der Waals surface area (Å²) in [6, 6.07) is 1.15. The van der Waals surface area contributed by atoms with E-state index in [9.17, 15) is 35.9 Å². The zero-order chi connectivity index (χ0) is 18.0. The number of rotatable bonds is 4. The van der Waals surface area contributed by atoms with Crippen LogP contribution in [-0.2, 0) is 16.0 Å². The number of hydrogen-bond donors (Lipinski definition) is 1. The smallest absolute Gasteiger partial charge is 0.292 e. The Morgan fingerprint density at radius 2 is 1.17 bits per heavy atom. The summed E-state index contributed by atoms with van der Waals surface area (Å²) in [5, 5.41) is 1.55. The number of amides is 1. The molecule has 2 aromatic rings. The minimum absolute atomic E-state index is 0.266. The number of anilines is 1. The van der Waals surface area contributed by atoms with Crippen molar-refractivity contribution in [1.82, 2.24) is 0 Å². The Bertz CT molecular complexity index is 721. The molecule has 0 spiro atoms. The molecule has 0 radical (unpaired) electrons. The largest absolute Gasteiger partial charge is 0.314 e. The van der Waals surface area contributed by atoms with Crippen molar-refractivity contribution < 1.29 is 35.9 Å². The van der Waals surface area contributed by atoms with Gasteiger partial charge in [-0.2, -0.15) is 0 Å². The molecule has 0 bridgehead atoms. The Morgan fingerprint density at radius 3 is 1.62 bits per heavy atom. The van der Waals surface area contributed by atoms with Crippen LogP contribution in [0.4, 0.5) is 32.0 Å². The highest BCUT2D eigenvalue weighted by atomic mass is 19.2. The van der Waals surface area contributed by atoms with Gasteiger partial charge in [0.25, 0.3) is 5.91 Å². The van der Waals surface area contributed by atoms with E-state index in [1.54, 1.807) is 5.32 Å². The molecule has 0 aliphatic heterocycles. The van der Waals surface area contributed by atoms with E-state index in [4.69, 9.17) is 0 Å². The number of hydrogen-bond acceptors (Lipinski definition) is 2. The van der Waals surface area contributed by atoms with Crippen LogP contribution < -0.4 is 5.32 Å². The van der Waals surface area contributed by atoms with E-state index >= 15 is 0 Å². The lowest BCUT2D eigenvalue weighted by molar-refractivity contribution is -0.134. The predicted molar refractivity (Wildman–Crippen MR) is 70.0 cm³/mol. The molecular weight excluding hydrogens is 340 g/mol. The second-order valence-corrected chi connectivity index (χ2v) is 4.65. The Morgan fingerprint density at radius 1 is 0.750 bits per heavy atom. The molecule has 0 saturated carbocycles. The van der Waals surface area contributed by atoms with Crippen LogP contribution in [0.15, 0.2) is 24.3 Å². The quantitative estimate of drug-likeness (QED) is 0.682. The molecule has 2 aromatic carbocycles. The molecule has 1 amide bonds. The highest BCUT2D eigenvalue weighted by Crippen LogP contribution is 2.21. The van der Waals surface area contributed by atoms with Crippen LogP contribution in [0.2, 0.25) is 0 Å². The van der Waals surface area contributed by atoms with Crippen LogP contribution >= 0.6 is 0 Å². The van der Waals surface area contributed by atoms with Crippen molar-refractivity contribution in [3.8, 4) is 0 Å². The Balaban J connectivity index is 2.19. The molecule has 1 N–H and O–H groups in total. The van der Waals surface area contributed by atoms with Crippen LogP contribution in [-0.4, -0.2) is 11.7 Å². The lowest BCUT2D eigenvalue weighted by Crippen LogP contribution is -2.26. The minimum Gasteiger partial charge on any atom is -0.314 e. The van der Waals surface area contributed by atoms with Crippen LogP contribution in [0.5, 0.6) is 0 Å². The number of carbonyl (C=O) groups is 2. The molecule has 126 valence electrons. The summed E-state index contributed by atoms with van der Waals surface area (Å²) in [6.45, 7) is 0. The molecule has 9 heteroatoms.